The molecule has 5 nitrogen and oxygen atoms in total. The van der Waals surface area contributed by atoms with Crippen LogP contribution in [-0.4, -0.2) is 61.4 Å². The van der Waals surface area contributed by atoms with E-state index in [2.05, 4.69) is 10.2 Å². The van der Waals surface area contributed by atoms with Crippen LogP contribution in [0.2, 0.25) is 0 Å². The zero-order chi connectivity index (χ0) is 14.9. The predicted molar refractivity (Wildman–Crippen MR) is 82.6 cm³/mol. The number of carbonyl (C=O) groups excluding carboxylic acids is 1. The van der Waals surface area contributed by atoms with Crippen molar-refractivity contribution >= 4 is 5.91 Å². The zero-order valence-electron chi connectivity index (χ0n) is 13.3. The van der Waals surface area contributed by atoms with Crippen LogP contribution in [0.15, 0.2) is 0 Å². The van der Waals surface area contributed by atoms with Crippen molar-refractivity contribution in [3.05, 3.63) is 0 Å². The summed E-state index contributed by atoms with van der Waals surface area (Å²) in [6, 6.07) is 1.07. The lowest BCUT2D eigenvalue weighted by molar-refractivity contribution is -0.134. The average Bonchev–Trinajstić information content (AvgIpc) is 2.94. The van der Waals surface area contributed by atoms with E-state index in [-0.39, 0.29) is 18.1 Å². The van der Waals surface area contributed by atoms with Crippen LogP contribution in [0.25, 0.3) is 0 Å². The molecule has 0 spiro atoms. The first-order valence-corrected chi connectivity index (χ1v) is 9.07. The monoisotopic (exact) mass is 308 g/mol. The van der Waals surface area contributed by atoms with E-state index in [1.54, 1.807) is 0 Å². The van der Waals surface area contributed by atoms with E-state index in [0.717, 1.165) is 58.4 Å². The van der Waals surface area contributed by atoms with Gasteiger partial charge in [0.05, 0.1) is 6.10 Å². The van der Waals surface area contributed by atoms with Crippen LogP contribution in [0.3, 0.4) is 0 Å². The summed E-state index contributed by atoms with van der Waals surface area (Å²) in [6.07, 6.45) is 7.97. The first-order valence-electron chi connectivity index (χ1n) is 9.07. The molecule has 0 aromatic rings. The van der Waals surface area contributed by atoms with Crippen LogP contribution >= 0.6 is 0 Å². The summed E-state index contributed by atoms with van der Waals surface area (Å²) in [5, 5.41) is 3.15. The van der Waals surface area contributed by atoms with Crippen LogP contribution in [-0.2, 0) is 14.3 Å². The minimum absolute atomic E-state index is 0.136. The Kier molecular flexibility index (Phi) is 4.38. The third-order valence-electron chi connectivity index (χ3n) is 6.03. The maximum Gasteiger partial charge on any atom is 0.249 e. The molecule has 3 atom stereocenters. The van der Waals surface area contributed by atoms with Gasteiger partial charge in [-0.05, 0) is 57.4 Å². The molecule has 4 rings (SSSR count). The van der Waals surface area contributed by atoms with Gasteiger partial charge in [-0.25, -0.2) is 0 Å². The van der Waals surface area contributed by atoms with Gasteiger partial charge in [-0.3, -0.25) is 9.69 Å². The van der Waals surface area contributed by atoms with Crippen LogP contribution in [0.5, 0.6) is 0 Å². The molecule has 1 saturated carbocycles. The van der Waals surface area contributed by atoms with E-state index in [1.165, 1.54) is 12.8 Å². The van der Waals surface area contributed by atoms with Gasteiger partial charge in [-0.2, -0.15) is 0 Å². The molecule has 0 aromatic carbocycles. The third kappa shape index (κ3) is 3.03. The van der Waals surface area contributed by atoms with Crippen molar-refractivity contribution in [3.63, 3.8) is 0 Å². The van der Waals surface area contributed by atoms with Crippen molar-refractivity contribution in [1.82, 2.24) is 10.2 Å². The van der Waals surface area contributed by atoms with Crippen molar-refractivity contribution in [1.29, 1.82) is 0 Å². The first kappa shape index (κ1) is 14.9. The smallest absolute Gasteiger partial charge is 0.249 e. The summed E-state index contributed by atoms with van der Waals surface area (Å²) in [7, 11) is 0. The van der Waals surface area contributed by atoms with Crippen molar-refractivity contribution in [2.45, 2.75) is 69.2 Å². The second kappa shape index (κ2) is 6.46. The Hall–Kier alpha value is -0.650. The lowest BCUT2D eigenvalue weighted by atomic mass is 9.89. The summed E-state index contributed by atoms with van der Waals surface area (Å²) in [5.74, 6) is 0.713. The van der Waals surface area contributed by atoms with Crippen LogP contribution in [0, 0.1) is 5.92 Å². The molecule has 3 aliphatic heterocycles. The van der Waals surface area contributed by atoms with Crippen LogP contribution < -0.4 is 5.32 Å². The number of piperidine rings is 1. The SMILES string of the molecule is O=C(NC1CCC1)[C@@H]1C[C@H]2CCN(C3CCOCC3)C[C@@H]2O1. The lowest BCUT2D eigenvalue weighted by Gasteiger charge is -2.40. The number of fused-ring (bicyclic) bond motifs is 1. The maximum absolute atomic E-state index is 12.3. The molecule has 0 aromatic heterocycles. The normalized spacial score (nSPS) is 37.5. The number of nitrogens with one attached hydrogen (secondary N) is 1. The highest BCUT2D eigenvalue weighted by Crippen LogP contribution is 2.35. The molecule has 4 fully saturated rings. The van der Waals surface area contributed by atoms with Crippen LogP contribution in [0.1, 0.15) is 44.9 Å². The highest BCUT2D eigenvalue weighted by atomic mass is 16.5. The Morgan fingerprint density at radius 1 is 1.09 bits per heavy atom. The Morgan fingerprint density at radius 2 is 1.91 bits per heavy atom. The molecule has 124 valence electrons. The highest BCUT2D eigenvalue weighted by Gasteiger charge is 2.43. The van der Waals surface area contributed by atoms with Gasteiger partial charge in [0.2, 0.25) is 5.91 Å². The van der Waals surface area contributed by atoms with Crippen molar-refractivity contribution in [2.75, 3.05) is 26.3 Å². The Balaban J connectivity index is 1.30. The van der Waals surface area contributed by atoms with Crippen molar-refractivity contribution in [3.8, 4) is 0 Å². The van der Waals surface area contributed by atoms with Crippen molar-refractivity contribution < 1.29 is 14.3 Å². The molecule has 5 heteroatoms. The second-order valence-corrected chi connectivity index (χ2v) is 7.42. The van der Waals surface area contributed by atoms with Crippen LogP contribution in [0.4, 0.5) is 0 Å². The fraction of sp³-hybridized carbons (Fsp3) is 0.941. The highest BCUT2D eigenvalue weighted by molar-refractivity contribution is 5.81. The molecule has 0 bridgehead atoms. The number of likely N-dealkylation sites (tertiary alicyclic amines) is 1. The van der Waals surface area contributed by atoms with E-state index in [0.29, 0.717) is 18.0 Å². The summed E-state index contributed by atoms with van der Waals surface area (Å²) >= 11 is 0. The Morgan fingerprint density at radius 3 is 2.64 bits per heavy atom. The largest absolute Gasteiger partial charge is 0.381 e. The molecular weight excluding hydrogens is 280 g/mol. The Labute approximate surface area is 132 Å². The van der Waals surface area contributed by atoms with Gasteiger partial charge in [0, 0.05) is 31.8 Å². The van der Waals surface area contributed by atoms with Gasteiger partial charge in [0.25, 0.3) is 0 Å². The first-order chi connectivity index (χ1) is 10.8. The van der Waals surface area contributed by atoms with E-state index < -0.39 is 0 Å². The molecule has 3 heterocycles. The predicted octanol–water partition coefficient (Wildman–Crippen LogP) is 1.31. The number of amides is 1. The molecular formula is C17H28N2O3. The summed E-state index contributed by atoms with van der Waals surface area (Å²) in [6.45, 7) is 3.94. The van der Waals surface area contributed by atoms with Gasteiger partial charge in [-0.15, -0.1) is 0 Å². The number of carbonyl (C=O) groups is 1. The standard InChI is InChI=1S/C17H28N2O3/c20-17(18-13-2-1-3-13)15-10-12-4-7-19(11-16(12)22-15)14-5-8-21-9-6-14/h12-16H,1-11H2,(H,18,20)/t12-,15+,16+/m1/s1. The number of hydrogen-bond acceptors (Lipinski definition) is 4. The fourth-order valence-electron chi connectivity index (χ4n) is 4.35. The zero-order valence-corrected chi connectivity index (χ0v) is 13.3. The molecule has 1 amide bonds. The molecule has 4 aliphatic rings. The molecule has 1 aliphatic carbocycles. The summed E-state index contributed by atoms with van der Waals surface area (Å²) < 4.78 is 11.6. The average molecular weight is 308 g/mol. The minimum atomic E-state index is -0.203. The van der Waals surface area contributed by atoms with Gasteiger partial charge in [0.15, 0.2) is 0 Å². The van der Waals surface area contributed by atoms with Gasteiger partial charge in [0.1, 0.15) is 6.10 Å². The van der Waals surface area contributed by atoms with E-state index in [1.807, 2.05) is 0 Å². The number of nitrogens with zero attached hydrogens (tertiary/aromatic N) is 1. The maximum atomic E-state index is 12.3. The molecule has 0 unspecified atom stereocenters. The Bertz CT molecular complexity index is 407. The third-order valence-corrected chi connectivity index (χ3v) is 6.03. The second-order valence-electron chi connectivity index (χ2n) is 7.42. The molecule has 1 N–H and O–H groups in total. The summed E-state index contributed by atoms with van der Waals surface area (Å²) in [4.78, 5) is 14.9. The fourth-order valence-corrected chi connectivity index (χ4v) is 4.35. The molecule has 22 heavy (non-hydrogen) atoms. The van der Waals surface area contributed by atoms with E-state index in [9.17, 15) is 4.79 Å². The van der Waals surface area contributed by atoms with E-state index >= 15 is 0 Å². The molecule has 3 saturated heterocycles. The summed E-state index contributed by atoms with van der Waals surface area (Å²) in [5.41, 5.74) is 0. The van der Waals surface area contributed by atoms with Gasteiger partial charge < -0.3 is 14.8 Å². The molecule has 0 radical (unpaired) electrons. The van der Waals surface area contributed by atoms with E-state index in [4.69, 9.17) is 9.47 Å². The quantitative estimate of drug-likeness (QED) is 0.854. The van der Waals surface area contributed by atoms with Crippen molar-refractivity contribution in [2.24, 2.45) is 5.92 Å². The lowest BCUT2D eigenvalue weighted by Crippen LogP contribution is -2.49. The van der Waals surface area contributed by atoms with Gasteiger partial charge >= 0.3 is 0 Å². The number of ether oxygens (including phenoxy) is 2. The topological polar surface area (TPSA) is 50.8 Å². The number of hydrogen-bond donors (Lipinski definition) is 1. The number of rotatable bonds is 3. The van der Waals surface area contributed by atoms with Gasteiger partial charge in [-0.1, -0.05) is 0 Å². The minimum Gasteiger partial charge on any atom is -0.381 e.